The van der Waals surface area contributed by atoms with Crippen LogP contribution in [0.25, 0.3) is 0 Å². The van der Waals surface area contributed by atoms with Gasteiger partial charge in [-0.15, -0.1) is 0 Å². The molecule has 13 heavy (non-hydrogen) atoms. The van der Waals surface area contributed by atoms with Crippen LogP contribution >= 0.6 is 0 Å². The molecule has 0 aromatic carbocycles. The molecule has 0 bridgehead atoms. The molecule has 5 nitrogen and oxygen atoms in total. The molecule has 0 radical (unpaired) electrons. The minimum Gasteiger partial charge on any atom is -0.480 e. The number of aliphatic hydroxyl groups is 1. The number of nitrogens with two attached hydrogens (primary N) is 1. The van der Waals surface area contributed by atoms with E-state index in [9.17, 15) is 4.79 Å². The smallest absolute Gasteiger partial charge is 0.321 e. The molecule has 0 aliphatic rings. The molecule has 0 aromatic heterocycles. The molecule has 0 saturated heterocycles. The van der Waals surface area contributed by atoms with E-state index < -0.39 is 12.0 Å². The van der Waals surface area contributed by atoms with Crippen molar-refractivity contribution in [1.82, 2.24) is 5.32 Å². The molecule has 0 rings (SSSR count). The monoisotopic (exact) mass is 190 g/mol. The second kappa shape index (κ2) is 6.82. The van der Waals surface area contributed by atoms with Crippen molar-refractivity contribution in [3.05, 3.63) is 0 Å². The molecule has 2 atom stereocenters. The third-order valence-corrected chi connectivity index (χ3v) is 1.80. The zero-order chi connectivity index (χ0) is 10.3. The van der Waals surface area contributed by atoms with E-state index in [2.05, 4.69) is 5.32 Å². The fourth-order valence-electron chi connectivity index (χ4n) is 0.915. The van der Waals surface area contributed by atoms with Crippen LogP contribution in [0.15, 0.2) is 0 Å². The van der Waals surface area contributed by atoms with E-state index in [0.29, 0.717) is 0 Å². The summed E-state index contributed by atoms with van der Waals surface area (Å²) >= 11 is 0. The lowest BCUT2D eigenvalue weighted by molar-refractivity contribution is -0.138. The summed E-state index contributed by atoms with van der Waals surface area (Å²) in [4.78, 5) is 10.3. The fourth-order valence-corrected chi connectivity index (χ4v) is 0.915. The Hall–Kier alpha value is -0.650. The van der Waals surface area contributed by atoms with Gasteiger partial charge >= 0.3 is 5.97 Å². The maximum Gasteiger partial charge on any atom is 0.321 e. The number of hydrogen-bond acceptors (Lipinski definition) is 4. The van der Waals surface area contributed by atoms with E-state index in [1.165, 1.54) is 0 Å². The lowest BCUT2D eigenvalue weighted by Crippen LogP contribution is -2.43. The van der Waals surface area contributed by atoms with Crippen LogP contribution in [0.5, 0.6) is 0 Å². The van der Waals surface area contributed by atoms with Crippen LogP contribution in [0.2, 0.25) is 0 Å². The van der Waals surface area contributed by atoms with Gasteiger partial charge in [-0.05, 0) is 19.8 Å². The number of carboxylic acid groups (broad SMARTS) is 1. The molecule has 2 unspecified atom stereocenters. The number of nitrogens with one attached hydrogen (secondary N) is 1. The first kappa shape index (κ1) is 12.3. The molecular formula is C8H18N2O3. The Morgan fingerprint density at radius 3 is 2.69 bits per heavy atom. The molecule has 78 valence electrons. The van der Waals surface area contributed by atoms with Crippen molar-refractivity contribution in [3.8, 4) is 0 Å². The Kier molecular flexibility index (Phi) is 6.48. The maximum atomic E-state index is 10.3. The van der Waals surface area contributed by atoms with E-state index >= 15 is 0 Å². The van der Waals surface area contributed by atoms with Crippen LogP contribution in [0.3, 0.4) is 0 Å². The first-order valence-electron chi connectivity index (χ1n) is 4.40. The van der Waals surface area contributed by atoms with E-state index in [1.54, 1.807) is 0 Å². The van der Waals surface area contributed by atoms with Gasteiger partial charge in [-0.25, -0.2) is 0 Å². The summed E-state index contributed by atoms with van der Waals surface area (Å²) in [6, 6.07) is -0.658. The molecule has 0 aromatic rings. The van der Waals surface area contributed by atoms with Gasteiger partial charge in [-0.3, -0.25) is 4.79 Å². The lowest BCUT2D eigenvalue weighted by atomic mass is 10.2. The summed E-state index contributed by atoms with van der Waals surface area (Å²) in [7, 11) is 0. The molecular weight excluding hydrogens is 172 g/mol. The molecule has 0 saturated carbocycles. The van der Waals surface area contributed by atoms with E-state index in [0.717, 1.165) is 12.8 Å². The van der Waals surface area contributed by atoms with Crippen molar-refractivity contribution in [2.75, 3.05) is 13.2 Å². The largest absolute Gasteiger partial charge is 0.480 e. The number of carboxylic acids is 1. The van der Waals surface area contributed by atoms with Crippen LogP contribution in [0.4, 0.5) is 0 Å². The Morgan fingerprint density at radius 1 is 1.62 bits per heavy atom. The van der Waals surface area contributed by atoms with Crippen molar-refractivity contribution < 1.29 is 15.0 Å². The molecule has 0 spiro atoms. The molecule has 5 N–H and O–H groups in total. The van der Waals surface area contributed by atoms with Crippen LogP contribution in [-0.4, -0.2) is 41.4 Å². The van der Waals surface area contributed by atoms with Crippen molar-refractivity contribution in [2.24, 2.45) is 5.73 Å². The summed E-state index contributed by atoms with van der Waals surface area (Å²) in [6.45, 7) is 2.36. The van der Waals surface area contributed by atoms with Gasteiger partial charge in [-0.2, -0.15) is 0 Å². The van der Waals surface area contributed by atoms with Gasteiger partial charge < -0.3 is 21.3 Å². The molecule has 0 amide bonds. The zero-order valence-electron chi connectivity index (χ0n) is 7.86. The Morgan fingerprint density at radius 2 is 2.23 bits per heavy atom. The normalized spacial score (nSPS) is 15.3. The summed E-state index contributed by atoms with van der Waals surface area (Å²) in [5.74, 6) is -0.998. The average molecular weight is 190 g/mol. The van der Waals surface area contributed by atoms with Gasteiger partial charge in [0, 0.05) is 19.2 Å². The second-order valence-corrected chi connectivity index (χ2v) is 3.12. The first-order chi connectivity index (χ1) is 6.07. The standard InChI is InChI=1S/C8H18N2O3/c1-6(3-2-4-11)10-5-7(9)8(12)13/h6-7,10-11H,2-5,9H2,1H3,(H,12,13). The number of aliphatic carboxylic acids is 1. The fraction of sp³-hybridized carbons (Fsp3) is 0.875. The van der Waals surface area contributed by atoms with Gasteiger partial charge in [-0.1, -0.05) is 0 Å². The van der Waals surface area contributed by atoms with Crippen LogP contribution in [0.1, 0.15) is 19.8 Å². The predicted octanol–water partition coefficient (Wildman–Crippen LogP) is -0.851. The van der Waals surface area contributed by atoms with Crippen LogP contribution in [-0.2, 0) is 4.79 Å². The molecule has 5 heteroatoms. The predicted molar refractivity (Wildman–Crippen MR) is 49.4 cm³/mol. The highest BCUT2D eigenvalue weighted by Crippen LogP contribution is 1.94. The number of hydrogen-bond donors (Lipinski definition) is 4. The van der Waals surface area contributed by atoms with Gasteiger partial charge in [0.05, 0.1) is 0 Å². The number of carbonyl (C=O) groups is 1. The van der Waals surface area contributed by atoms with Crippen molar-refractivity contribution in [3.63, 3.8) is 0 Å². The molecule has 0 fully saturated rings. The maximum absolute atomic E-state index is 10.3. The second-order valence-electron chi connectivity index (χ2n) is 3.12. The highest BCUT2D eigenvalue weighted by molar-refractivity contribution is 5.73. The number of rotatable bonds is 7. The minimum absolute atomic E-state index is 0.164. The Bertz CT molecular complexity index is 152. The third-order valence-electron chi connectivity index (χ3n) is 1.80. The quantitative estimate of drug-likeness (QED) is 0.419. The van der Waals surface area contributed by atoms with Gasteiger partial charge in [0.15, 0.2) is 0 Å². The topological polar surface area (TPSA) is 95.6 Å². The van der Waals surface area contributed by atoms with Crippen molar-refractivity contribution in [2.45, 2.75) is 31.8 Å². The molecule has 0 heterocycles. The Balaban J connectivity index is 3.45. The third kappa shape index (κ3) is 6.51. The van der Waals surface area contributed by atoms with Crippen molar-refractivity contribution in [1.29, 1.82) is 0 Å². The van der Waals surface area contributed by atoms with E-state index in [1.807, 2.05) is 6.92 Å². The minimum atomic E-state index is -0.998. The van der Waals surface area contributed by atoms with Crippen LogP contribution in [0, 0.1) is 0 Å². The summed E-state index contributed by atoms with van der Waals surface area (Å²) in [6.07, 6.45) is 1.54. The van der Waals surface area contributed by atoms with Crippen molar-refractivity contribution >= 4 is 5.97 Å². The highest BCUT2D eigenvalue weighted by atomic mass is 16.4. The summed E-state index contributed by atoms with van der Waals surface area (Å²) in [5.41, 5.74) is 5.28. The van der Waals surface area contributed by atoms with E-state index in [-0.39, 0.29) is 19.2 Å². The average Bonchev–Trinajstić information content (AvgIpc) is 2.10. The summed E-state index contributed by atoms with van der Waals surface area (Å²) in [5, 5.41) is 20.0. The number of aliphatic hydroxyl groups excluding tert-OH is 1. The van der Waals surface area contributed by atoms with Gasteiger partial charge in [0.1, 0.15) is 6.04 Å². The molecule has 0 aliphatic heterocycles. The Labute approximate surface area is 77.9 Å². The van der Waals surface area contributed by atoms with Crippen LogP contribution < -0.4 is 11.1 Å². The van der Waals surface area contributed by atoms with Gasteiger partial charge in [0.2, 0.25) is 0 Å². The lowest BCUT2D eigenvalue weighted by Gasteiger charge is -2.14. The van der Waals surface area contributed by atoms with E-state index in [4.69, 9.17) is 15.9 Å². The molecule has 0 aliphatic carbocycles. The summed E-state index contributed by atoms with van der Waals surface area (Å²) < 4.78 is 0. The first-order valence-corrected chi connectivity index (χ1v) is 4.40. The highest BCUT2D eigenvalue weighted by Gasteiger charge is 2.11. The zero-order valence-corrected chi connectivity index (χ0v) is 7.86. The van der Waals surface area contributed by atoms with Gasteiger partial charge in [0.25, 0.3) is 0 Å². The SMILES string of the molecule is CC(CCCO)NCC(N)C(=O)O.